The third-order valence-electron chi connectivity index (χ3n) is 8.07. The van der Waals surface area contributed by atoms with Crippen LogP contribution >= 0.6 is 23.2 Å². The Hall–Kier alpha value is -2.46. The number of likely N-dealkylation sites (tertiary alicyclic amines) is 1. The number of aryl methyl sites for hydroxylation is 1. The predicted octanol–water partition coefficient (Wildman–Crippen LogP) is 4.42. The standard InChI is InChI=1S/C27H34Cl2N6O3/c1-16-26-27(35(32-16)17(2)21-6-5-20(28)11-22(21)29)31-24(12-30-26)34-9-7-23(19(14-34)15-36)33-8-3-4-18(13-33)10-25(37)38/h5-6,11-12,17-19,23,36H,3-4,7-10,13-15H2,1-2H3,(H,37,38)/t17?,18?,19?,23-/m0/s1. The van der Waals surface area contributed by atoms with Crippen LogP contribution in [0.4, 0.5) is 5.82 Å². The molecular formula is C27H34Cl2N6O3. The molecule has 1 aromatic carbocycles. The summed E-state index contributed by atoms with van der Waals surface area (Å²) in [6.07, 6.45) is 4.83. The lowest BCUT2D eigenvalue weighted by molar-refractivity contribution is -0.138. The average Bonchev–Trinajstić information content (AvgIpc) is 3.23. The first kappa shape index (κ1) is 27.1. The first-order chi connectivity index (χ1) is 18.2. The maximum atomic E-state index is 11.2. The topological polar surface area (TPSA) is 108 Å². The van der Waals surface area contributed by atoms with Crippen LogP contribution in [0, 0.1) is 18.8 Å². The van der Waals surface area contributed by atoms with Crippen molar-refractivity contribution < 1.29 is 15.0 Å². The molecule has 0 spiro atoms. The van der Waals surface area contributed by atoms with Crippen molar-refractivity contribution in [1.29, 1.82) is 0 Å². The van der Waals surface area contributed by atoms with E-state index in [0.717, 1.165) is 61.5 Å². The molecule has 204 valence electrons. The normalized spacial score (nSPS) is 23.6. The van der Waals surface area contributed by atoms with E-state index < -0.39 is 5.97 Å². The SMILES string of the molecule is Cc1nn(C(C)c2ccc(Cl)cc2Cl)c2nc(N3CC[C@H](N4CCCC(CC(=O)O)C4)C(CO)C3)cnc12. The molecule has 3 aromatic rings. The van der Waals surface area contributed by atoms with Crippen LogP contribution in [0.25, 0.3) is 11.2 Å². The van der Waals surface area contributed by atoms with Crippen LogP contribution in [-0.2, 0) is 4.79 Å². The molecule has 2 fully saturated rings. The lowest BCUT2D eigenvalue weighted by Crippen LogP contribution is -2.55. The molecule has 0 amide bonds. The second-order valence-electron chi connectivity index (χ2n) is 10.6. The van der Waals surface area contributed by atoms with E-state index in [1.54, 1.807) is 12.3 Å². The number of carbonyl (C=O) groups is 1. The molecule has 0 aliphatic carbocycles. The highest BCUT2D eigenvalue weighted by Crippen LogP contribution is 2.33. The minimum Gasteiger partial charge on any atom is -0.481 e. The van der Waals surface area contributed by atoms with Crippen LogP contribution < -0.4 is 4.90 Å². The fourth-order valence-electron chi connectivity index (χ4n) is 6.14. The number of hydrogen-bond acceptors (Lipinski definition) is 7. The van der Waals surface area contributed by atoms with Gasteiger partial charge in [-0.2, -0.15) is 5.10 Å². The molecule has 4 atom stereocenters. The molecule has 0 saturated carbocycles. The van der Waals surface area contributed by atoms with Gasteiger partial charge in [0.2, 0.25) is 0 Å². The maximum absolute atomic E-state index is 11.2. The Bertz CT molecular complexity index is 1320. The molecule has 0 radical (unpaired) electrons. The largest absolute Gasteiger partial charge is 0.481 e. The zero-order valence-corrected chi connectivity index (χ0v) is 23.2. The van der Waals surface area contributed by atoms with Gasteiger partial charge in [-0.25, -0.2) is 14.6 Å². The summed E-state index contributed by atoms with van der Waals surface area (Å²) in [6, 6.07) is 5.52. The van der Waals surface area contributed by atoms with E-state index in [2.05, 4.69) is 9.80 Å². The molecule has 2 aliphatic heterocycles. The number of piperidine rings is 2. The van der Waals surface area contributed by atoms with Gasteiger partial charge in [0.1, 0.15) is 11.3 Å². The average molecular weight is 562 g/mol. The Morgan fingerprint density at radius 1 is 1.21 bits per heavy atom. The van der Waals surface area contributed by atoms with E-state index in [-0.39, 0.29) is 36.9 Å². The molecule has 2 aromatic heterocycles. The van der Waals surface area contributed by atoms with Gasteiger partial charge < -0.3 is 15.1 Å². The zero-order valence-electron chi connectivity index (χ0n) is 21.7. The van der Waals surface area contributed by atoms with E-state index in [4.69, 9.17) is 38.3 Å². The number of aliphatic hydroxyl groups excluding tert-OH is 1. The summed E-state index contributed by atoms with van der Waals surface area (Å²) in [5.74, 6) is 0.239. The predicted molar refractivity (Wildman–Crippen MR) is 148 cm³/mol. The maximum Gasteiger partial charge on any atom is 0.303 e. The first-order valence-corrected chi connectivity index (χ1v) is 14.0. The van der Waals surface area contributed by atoms with Gasteiger partial charge in [-0.05, 0) is 63.3 Å². The smallest absolute Gasteiger partial charge is 0.303 e. The second-order valence-corrected chi connectivity index (χ2v) is 11.5. The third kappa shape index (κ3) is 5.47. The molecule has 11 heteroatoms. The number of aromatic nitrogens is 4. The zero-order chi connectivity index (χ0) is 27.0. The van der Waals surface area contributed by atoms with Gasteiger partial charge in [0, 0.05) is 54.7 Å². The molecule has 2 aliphatic rings. The van der Waals surface area contributed by atoms with Crippen molar-refractivity contribution in [2.45, 2.75) is 51.6 Å². The molecule has 38 heavy (non-hydrogen) atoms. The van der Waals surface area contributed by atoms with Crippen LogP contribution in [0.2, 0.25) is 10.0 Å². The number of carboxylic acids is 1. The summed E-state index contributed by atoms with van der Waals surface area (Å²) < 4.78 is 1.86. The summed E-state index contributed by atoms with van der Waals surface area (Å²) in [5.41, 5.74) is 3.13. The van der Waals surface area contributed by atoms with Gasteiger partial charge in [0.15, 0.2) is 5.65 Å². The fourth-order valence-corrected chi connectivity index (χ4v) is 6.70. The van der Waals surface area contributed by atoms with E-state index in [1.807, 2.05) is 30.7 Å². The first-order valence-electron chi connectivity index (χ1n) is 13.2. The fraction of sp³-hybridized carbons (Fsp3) is 0.556. The van der Waals surface area contributed by atoms with Crippen LogP contribution in [0.5, 0.6) is 0 Å². The summed E-state index contributed by atoms with van der Waals surface area (Å²) >= 11 is 12.6. The number of aliphatic carboxylic acids is 1. The van der Waals surface area contributed by atoms with Crippen molar-refractivity contribution in [1.82, 2.24) is 24.6 Å². The van der Waals surface area contributed by atoms with Crippen LogP contribution in [0.3, 0.4) is 0 Å². The summed E-state index contributed by atoms with van der Waals surface area (Å²) in [5, 5.41) is 25.5. The summed E-state index contributed by atoms with van der Waals surface area (Å²) in [6.45, 7) is 7.20. The van der Waals surface area contributed by atoms with Crippen molar-refractivity contribution in [2.24, 2.45) is 11.8 Å². The van der Waals surface area contributed by atoms with Crippen molar-refractivity contribution in [2.75, 3.05) is 37.7 Å². The van der Waals surface area contributed by atoms with Crippen molar-refractivity contribution in [3.05, 3.63) is 45.7 Å². The Morgan fingerprint density at radius 3 is 2.76 bits per heavy atom. The molecule has 2 saturated heterocycles. The molecule has 0 bridgehead atoms. The highest BCUT2D eigenvalue weighted by Gasteiger charge is 2.36. The number of benzene rings is 1. The lowest BCUT2D eigenvalue weighted by Gasteiger charge is -2.46. The van der Waals surface area contributed by atoms with E-state index in [1.165, 1.54) is 0 Å². The number of fused-ring (bicyclic) bond motifs is 1. The minimum atomic E-state index is -0.735. The van der Waals surface area contributed by atoms with Gasteiger partial charge >= 0.3 is 5.97 Å². The van der Waals surface area contributed by atoms with Crippen LogP contribution in [0.1, 0.15) is 49.9 Å². The number of carboxylic acid groups (broad SMARTS) is 1. The monoisotopic (exact) mass is 560 g/mol. The highest BCUT2D eigenvalue weighted by atomic mass is 35.5. The van der Waals surface area contributed by atoms with E-state index in [0.29, 0.717) is 22.2 Å². The van der Waals surface area contributed by atoms with E-state index in [9.17, 15) is 15.0 Å². The number of rotatable bonds is 7. The number of nitrogens with zero attached hydrogens (tertiary/aromatic N) is 6. The van der Waals surface area contributed by atoms with Crippen molar-refractivity contribution in [3.63, 3.8) is 0 Å². The molecule has 9 nitrogen and oxygen atoms in total. The molecule has 2 N–H and O–H groups in total. The minimum absolute atomic E-state index is 0.0447. The number of halogens is 2. The van der Waals surface area contributed by atoms with Gasteiger partial charge in [-0.1, -0.05) is 29.3 Å². The molecular weight excluding hydrogens is 527 g/mol. The van der Waals surface area contributed by atoms with Gasteiger partial charge in [-0.3, -0.25) is 9.69 Å². The number of anilines is 1. The molecule has 5 rings (SSSR count). The summed E-state index contributed by atoms with van der Waals surface area (Å²) in [4.78, 5) is 25.6. The van der Waals surface area contributed by atoms with Crippen LogP contribution in [-0.4, -0.2) is 79.7 Å². The Balaban J connectivity index is 1.37. The number of aliphatic hydroxyl groups is 1. The van der Waals surface area contributed by atoms with Gasteiger partial charge in [0.25, 0.3) is 0 Å². The molecule has 3 unspecified atom stereocenters. The Kier molecular flexibility index (Phi) is 8.09. The Morgan fingerprint density at radius 2 is 2.03 bits per heavy atom. The quantitative estimate of drug-likeness (QED) is 0.437. The molecule has 4 heterocycles. The van der Waals surface area contributed by atoms with Gasteiger partial charge in [0.05, 0.1) is 17.9 Å². The highest BCUT2D eigenvalue weighted by molar-refractivity contribution is 6.35. The number of hydrogen-bond donors (Lipinski definition) is 2. The second kappa shape index (κ2) is 11.3. The van der Waals surface area contributed by atoms with Crippen molar-refractivity contribution in [3.8, 4) is 0 Å². The van der Waals surface area contributed by atoms with Crippen LogP contribution in [0.15, 0.2) is 24.4 Å². The third-order valence-corrected chi connectivity index (χ3v) is 8.64. The summed E-state index contributed by atoms with van der Waals surface area (Å²) in [7, 11) is 0. The van der Waals surface area contributed by atoms with Gasteiger partial charge in [-0.15, -0.1) is 0 Å². The van der Waals surface area contributed by atoms with Crippen molar-refractivity contribution >= 4 is 46.2 Å². The van der Waals surface area contributed by atoms with E-state index >= 15 is 0 Å². The Labute approximate surface area is 232 Å². The lowest BCUT2D eigenvalue weighted by atomic mass is 9.87.